The first kappa shape index (κ1) is 16.5. The van der Waals surface area contributed by atoms with E-state index in [1.807, 2.05) is 49.5 Å². The van der Waals surface area contributed by atoms with Crippen LogP contribution < -0.4 is 4.74 Å². The van der Waals surface area contributed by atoms with E-state index in [9.17, 15) is 0 Å². The van der Waals surface area contributed by atoms with Crippen molar-refractivity contribution < 1.29 is 4.74 Å². The molecule has 0 atom stereocenters. The fourth-order valence-corrected chi connectivity index (χ4v) is 3.14. The molecule has 3 rings (SSSR count). The summed E-state index contributed by atoms with van der Waals surface area (Å²) in [6, 6.07) is 11.9. The van der Waals surface area contributed by atoms with Crippen molar-refractivity contribution in [3.63, 3.8) is 0 Å². The van der Waals surface area contributed by atoms with Gasteiger partial charge in [-0.05, 0) is 49.7 Å². The molecular weight excluding hydrogens is 320 g/mol. The number of rotatable bonds is 7. The Morgan fingerprint density at radius 1 is 1.08 bits per heavy atom. The number of nitrogens with zero attached hydrogens (tertiary/aromatic N) is 4. The minimum Gasteiger partial charge on any atom is -0.494 e. The fourth-order valence-electron chi connectivity index (χ4n) is 2.33. The van der Waals surface area contributed by atoms with Gasteiger partial charge in [0.25, 0.3) is 0 Å². The molecule has 0 aliphatic heterocycles. The molecule has 0 spiro atoms. The first-order chi connectivity index (χ1) is 11.8. The lowest BCUT2D eigenvalue weighted by Gasteiger charge is -2.11. The lowest BCUT2D eigenvalue weighted by molar-refractivity contribution is 0.340. The van der Waals surface area contributed by atoms with Gasteiger partial charge in [0.15, 0.2) is 11.0 Å². The van der Waals surface area contributed by atoms with E-state index in [2.05, 4.69) is 26.7 Å². The number of hydrogen-bond donors (Lipinski definition) is 0. The summed E-state index contributed by atoms with van der Waals surface area (Å²) in [5, 5.41) is 9.67. The Morgan fingerprint density at radius 2 is 1.92 bits per heavy atom. The average molecular weight is 340 g/mol. The molecule has 0 unspecified atom stereocenters. The quantitative estimate of drug-likeness (QED) is 0.602. The summed E-state index contributed by atoms with van der Waals surface area (Å²) in [5.41, 5.74) is 1.96. The molecule has 2 heterocycles. The zero-order chi connectivity index (χ0) is 16.8. The highest BCUT2D eigenvalue weighted by atomic mass is 32.2. The van der Waals surface area contributed by atoms with E-state index in [0.29, 0.717) is 6.61 Å². The van der Waals surface area contributed by atoms with Gasteiger partial charge in [-0.1, -0.05) is 18.7 Å². The standard InChI is InChI=1S/C18H20N4OS/c1-3-12-24-18-21-20-17(14-6-5-11-19-13-14)22(18)15-7-9-16(10-8-15)23-4-2/h5-11,13H,3-4,12H2,1-2H3. The maximum absolute atomic E-state index is 5.53. The van der Waals surface area contributed by atoms with Crippen molar-refractivity contribution in [1.82, 2.24) is 19.7 Å². The summed E-state index contributed by atoms with van der Waals surface area (Å²) in [6.07, 6.45) is 4.65. The Morgan fingerprint density at radius 3 is 2.58 bits per heavy atom. The molecule has 0 fully saturated rings. The van der Waals surface area contributed by atoms with Gasteiger partial charge in [-0.2, -0.15) is 0 Å². The third kappa shape index (κ3) is 3.59. The molecule has 0 aliphatic rings. The normalized spacial score (nSPS) is 10.8. The molecule has 124 valence electrons. The zero-order valence-corrected chi connectivity index (χ0v) is 14.7. The minimum absolute atomic E-state index is 0.657. The van der Waals surface area contributed by atoms with Crippen LogP contribution in [0, 0.1) is 0 Å². The fraction of sp³-hybridized carbons (Fsp3) is 0.278. The Kier molecular flexibility index (Phi) is 5.48. The van der Waals surface area contributed by atoms with Crippen molar-refractivity contribution in [3.05, 3.63) is 48.8 Å². The molecule has 0 saturated carbocycles. The van der Waals surface area contributed by atoms with Gasteiger partial charge < -0.3 is 4.74 Å². The zero-order valence-electron chi connectivity index (χ0n) is 13.8. The molecule has 0 radical (unpaired) electrons. The van der Waals surface area contributed by atoms with Crippen LogP contribution in [0.1, 0.15) is 20.3 Å². The third-order valence-electron chi connectivity index (χ3n) is 3.39. The molecule has 0 bridgehead atoms. The van der Waals surface area contributed by atoms with E-state index in [1.165, 1.54) is 0 Å². The lowest BCUT2D eigenvalue weighted by Crippen LogP contribution is -2.00. The minimum atomic E-state index is 0.657. The second kappa shape index (κ2) is 7.97. The van der Waals surface area contributed by atoms with Gasteiger partial charge >= 0.3 is 0 Å². The van der Waals surface area contributed by atoms with E-state index in [-0.39, 0.29) is 0 Å². The summed E-state index contributed by atoms with van der Waals surface area (Å²) < 4.78 is 7.61. The largest absolute Gasteiger partial charge is 0.494 e. The number of pyridine rings is 1. The summed E-state index contributed by atoms with van der Waals surface area (Å²) >= 11 is 1.71. The Labute approximate surface area is 146 Å². The van der Waals surface area contributed by atoms with Crippen molar-refractivity contribution in [1.29, 1.82) is 0 Å². The van der Waals surface area contributed by atoms with Gasteiger partial charge in [0, 0.05) is 29.4 Å². The molecule has 24 heavy (non-hydrogen) atoms. The monoisotopic (exact) mass is 340 g/mol. The predicted molar refractivity (Wildman–Crippen MR) is 96.8 cm³/mol. The Hall–Kier alpha value is -2.34. The molecule has 0 aliphatic carbocycles. The van der Waals surface area contributed by atoms with E-state index in [4.69, 9.17) is 4.74 Å². The highest BCUT2D eigenvalue weighted by Gasteiger charge is 2.16. The van der Waals surface area contributed by atoms with Crippen molar-refractivity contribution >= 4 is 11.8 Å². The van der Waals surface area contributed by atoms with Gasteiger partial charge in [-0.25, -0.2) is 0 Å². The van der Waals surface area contributed by atoms with Gasteiger partial charge in [0.1, 0.15) is 5.75 Å². The van der Waals surface area contributed by atoms with Crippen LogP contribution in [0.2, 0.25) is 0 Å². The smallest absolute Gasteiger partial charge is 0.196 e. The van der Waals surface area contributed by atoms with Gasteiger partial charge in [0.2, 0.25) is 0 Å². The van der Waals surface area contributed by atoms with Crippen LogP contribution in [0.15, 0.2) is 53.9 Å². The van der Waals surface area contributed by atoms with Crippen LogP contribution in [-0.4, -0.2) is 32.1 Å². The van der Waals surface area contributed by atoms with Gasteiger partial charge in [0.05, 0.1) is 6.61 Å². The second-order valence-electron chi connectivity index (χ2n) is 5.16. The molecule has 5 nitrogen and oxygen atoms in total. The SMILES string of the molecule is CCCSc1nnc(-c2cccnc2)n1-c1ccc(OCC)cc1. The topological polar surface area (TPSA) is 52.8 Å². The van der Waals surface area contributed by atoms with Crippen molar-refractivity contribution in [2.24, 2.45) is 0 Å². The van der Waals surface area contributed by atoms with Crippen LogP contribution in [0.3, 0.4) is 0 Å². The number of hydrogen-bond acceptors (Lipinski definition) is 5. The van der Waals surface area contributed by atoms with Crippen LogP contribution in [0.25, 0.3) is 17.1 Å². The number of benzene rings is 1. The average Bonchev–Trinajstić information content (AvgIpc) is 3.05. The molecule has 6 heteroatoms. The second-order valence-corrected chi connectivity index (χ2v) is 6.22. The molecule has 0 N–H and O–H groups in total. The molecular formula is C18H20N4OS. The highest BCUT2D eigenvalue weighted by molar-refractivity contribution is 7.99. The molecule has 3 aromatic rings. The van der Waals surface area contributed by atoms with Gasteiger partial charge in [-0.3, -0.25) is 9.55 Å². The van der Waals surface area contributed by atoms with Crippen molar-refractivity contribution in [3.8, 4) is 22.8 Å². The number of ether oxygens (including phenoxy) is 1. The first-order valence-electron chi connectivity index (χ1n) is 8.05. The van der Waals surface area contributed by atoms with E-state index >= 15 is 0 Å². The van der Waals surface area contributed by atoms with E-state index in [1.54, 1.807) is 18.0 Å². The molecule has 2 aromatic heterocycles. The van der Waals surface area contributed by atoms with Crippen molar-refractivity contribution in [2.75, 3.05) is 12.4 Å². The van der Waals surface area contributed by atoms with Crippen LogP contribution in [0.5, 0.6) is 5.75 Å². The molecule has 0 saturated heterocycles. The summed E-state index contributed by atoms with van der Waals surface area (Å²) in [4.78, 5) is 4.20. The first-order valence-corrected chi connectivity index (χ1v) is 9.04. The van der Waals surface area contributed by atoms with Crippen LogP contribution in [-0.2, 0) is 0 Å². The summed E-state index contributed by atoms with van der Waals surface area (Å²) in [7, 11) is 0. The maximum atomic E-state index is 5.53. The van der Waals surface area contributed by atoms with Crippen molar-refractivity contribution in [2.45, 2.75) is 25.4 Å². The third-order valence-corrected chi connectivity index (χ3v) is 4.53. The summed E-state index contributed by atoms with van der Waals surface area (Å²) in [6.45, 7) is 4.80. The van der Waals surface area contributed by atoms with E-state index < -0.39 is 0 Å². The lowest BCUT2D eigenvalue weighted by atomic mass is 10.2. The molecule has 1 aromatic carbocycles. The Balaban J connectivity index is 2.04. The predicted octanol–water partition coefficient (Wildman–Crippen LogP) is 4.23. The number of aromatic nitrogens is 4. The van der Waals surface area contributed by atoms with Crippen LogP contribution in [0.4, 0.5) is 0 Å². The molecule has 0 amide bonds. The van der Waals surface area contributed by atoms with Crippen LogP contribution >= 0.6 is 11.8 Å². The Bertz CT molecular complexity index is 771. The summed E-state index contributed by atoms with van der Waals surface area (Å²) in [5.74, 6) is 2.66. The highest BCUT2D eigenvalue weighted by Crippen LogP contribution is 2.28. The maximum Gasteiger partial charge on any atom is 0.196 e. The van der Waals surface area contributed by atoms with E-state index in [0.717, 1.165) is 40.2 Å². The van der Waals surface area contributed by atoms with Gasteiger partial charge in [-0.15, -0.1) is 10.2 Å². The number of thioether (sulfide) groups is 1.